The van der Waals surface area contributed by atoms with Crippen LogP contribution in [0.3, 0.4) is 0 Å². The van der Waals surface area contributed by atoms with Gasteiger partial charge in [-0.1, -0.05) is 42.5 Å². The third-order valence-electron chi connectivity index (χ3n) is 4.18. The summed E-state index contributed by atoms with van der Waals surface area (Å²) in [5, 5.41) is 0.495. The Bertz CT molecular complexity index is 641. The second-order valence-electron chi connectivity index (χ2n) is 5.66. The quantitative estimate of drug-likeness (QED) is 0.823. The van der Waals surface area contributed by atoms with Crippen molar-refractivity contribution in [3.63, 3.8) is 0 Å². The van der Waals surface area contributed by atoms with Crippen molar-refractivity contribution in [1.82, 2.24) is 4.90 Å². The molecule has 1 heterocycles. The van der Waals surface area contributed by atoms with Gasteiger partial charge in [-0.3, -0.25) is 4.79 Å². The first-order chi connectivity index (χ1) is 10.8. The molecule has 0 saturated carbocycles. The molecule has 1 unspecified atom stereocenters. The zero-order valence-electron chi connectivity index (χ0n) is 12.9. The molecule has 3 heteroatoms. The highest BCUT2D eigenvalue weighted by Gasteiger charge is 2.23. The fourth-order valence-electron chi connectivity index (χ4n) is 2.93. The number of aryl methyl sites for hydroxylation is 1. The minimum absolute atomic E-state index is 0.159. The van der Waals surface area contributed by atoms with E-state index in [0.29, 0.717) is 5.25 Å². The summed E-state index contributed by atoms with van der Waals surface area (Å²) < 4.78 is 0. The van der Waals surface area contributed by atoms with Gasteiger partial charge in [-0.15, -0.1) is 0 Å². The molecule has 22 heavy (non-hydrogen) atoms. The summed E-state index contributed by atoms with van der Waals surface area (Å²) in [6.45, 7) is 3.84. The van der Waals surface area contributed by atoms with E-state index in [-0.39, 0.29) is 5.91 Å². The maximum absolute atomic E-state index is 12.6. The number of carbonyl (C=O) groups is 1. The smallest absolute Gasteiger partial charge is 0.253 e. The molecule has 1 fully saturated rings. The van der Waals surface area contributed by atoms with Crippen LogP contribution in [0.4, 0.5) is 0 Å². The van der Waals surface area contributed by atoms with Gasteiger partial charge in [0.05, 0.1) is 0 Å². The number of amides is 1. The van der Waals surface area contributed by atoms with E-state index in [1.54, 1.807) is 0 Å². The fraction of sp³-hybridized carbons (Fsp3) is 0.316. The summed E-state index contributed by atoms with van der Waals surface area (Å²) in [6.07, 6.45) is 1.02. The van der Waals surface area contributed by atoms with Gasteiger partial charge in [-0.05, 0) is 36.6 Å². The maximum Gasteiger partial charge on any atom is 0.253 e. The largest absolute Gasteiger partial charge is 0.338 e. The molecule has 114 valence electrons. The minimum atomic E-state index is 0.159. The Hall–Kier alpha value is -1.74. The Balaban J connectivity index is 1.70. The Morgan fingerprint density at radius 2 is 1.77 bits per heavy atom. The van der Waals surface area contributed by atoms with Crippen molar-refractivity contribution >= 4 is 17.7 Å². The Morgan fingerprint density at radius 3 is 2.55 bits per heavy atom. The Labute approximate surface area is 136 Å². The average molecular weight is 311 g/mol. The molecule has 0 aromatic heterocycles. The molecule has 1 saturated heterocycles. The van der Waals surface area contributed by atoms with Gasteiger partial charge in [-0.2, -0.15) is 11.8 Å². The maximum atomic E-state index is 12.6. The highest BCUT2D eigenvalue weighted by Crippen LogP contribution is 2.36. The molecule has 2 nitrogen and oxygen atoms in total. The third-order valence-corrected chi connectivity index (χ3v) is 5.50. The summed E-state index contributed by atoms with van der Waals surface area (Å²) in [4.78, 5) is 14.6. The summed E-state index contributed by atoms with van der Waals surface area (Å²) in [7, 11) is 0. The highest BCUT2D eigenvalue weighted by molar-refractivity contribution is 7.99. The number of hydrogen-bond acceptors (Lipinski definition) is 2. The SMILES string of the molecule is Cc1ccccc1C1CCN(C(=O)c2ccccc2)CCS1. The predicted octanol–water partition coefficient (Wildman–Crippen LogP) is 4.32. The molecule has 0 bridgehead atoms. The van der Waals surface area contributed by atoms with Gasteiger partial charge in [0.1, 0.15) is 0 Å². The van der Waals surface area contributed by atoms with Crippen LogP contribution < -0.4 is 0 Å². The van der Waals surface area contributed by atoms with Gasteiger partial charge in [0.25, 0.3) is 5.91 Å². The van der Waals surface area contributed by atoms with E-state index >= 15 is 0 Å². The molecule has 0 aliphatic carbocycles. The third kappa shape index (κ3) is 3.36. The number of thioether (sulfide) groups is 1. The molecule has 2 aromatic rings. The molecule has 0 spiro atoms. The van der Waals surface area contributed by atoms with E-state index in [0.717, 1.165) is 30.8 Å². The van der Waals surface area contributed by atoms with Crippen molar-refractivity contribution in [2.75, 3.05) is 18.8 Å². The van der Waals surface area contributed by atoms with E-state index in [1.165, 1.54) is 11.1 Å². The number of benzene rings is 2. The second-order valence-corrected chi connectivity index (χ2v) is 6.97. The van der Waals surface area contributed by atoms with Crippen LogP contribution in [-0.2, 0) is 0 Å². The molecule has 3 rings (SSSR count). The molecule has 0 radical (unpaired) electrons. The lowest BCUT2D eigenvalue weighted by atomic mass is 10.0. The van der Waals surface area contributed by atoms with Gasteiger partial charge in [0.15, 0.2) is 0 Å². The molecular formula is C19H21NOS. The topological polar surface area (TPSA) is 20.3 Å². The zero-order chi connectivity index (χ0) is 15.4. The van der Waals surface area contributed by atoms with Gasteiger partial charge >= 0.3 is 0 Å². The number of nitrogens with zero attached hydrogens (tertiary/aromatic N) is 1. The predicted molar refractivity (Wildman–Crippen MR) is 93.3 cm³/mol. The minimum Gasteiger partial charge on any atom is -0.338 e. The molecule has 1 atom stereocenters. The Kier molecular flexibility index (Phi) is 4.84. The van der Waals surface area contributed by atoms with Crippen LogP contribution in [0.15, 0.2) is 54.6 Å². The molecule has 1 aliphatic rings. The van der Waals surface area contributed by atoms with Crippen molar-refractivity contribution < 1.29 is 4.79 Å². The monoisotopic (exact) mass is 311 g/mol. The molecule has 1 aliphatic heterocycles. The van der Waals surface area contributed by atoms with Crippen molar-refractivity contribution in [3.8, 4) is 0 Å². The Morgan fingerprint density at radius 1 is 1.05 bits per heavy atom. The van der Waals surface area contributed by atoms with Crippen molar-refractivity contribution in [2.45, 2.75) is 18.6 Å². The molecule has 2 aromatic carbocycles. The lowest BCUT2D eigenvalue weighted by Crippen LogP contribution is -2.32. The number of carbonyl (C=O) groups excluding carboxylic acids is 1. The fourth-order valence-corrected chi connectivity index (χ4v) is 4.26. The van der Waals surface area contributed by atoms with Crippen LogP contribution in [0.5, 0.6) is 0 Å². The highest BCUT2D eigenvalue weighted by atomic mass is 32.2. The summed E-state index contributed by atoms with van der Waals surface area (Å²) in [6, 6.07) is 18.2. The number of hydrogen-bond donors (Lipinski definition) is 0. The second kappa shape index (κ2) is 7.01. The van der Waals surface area contributed by atoms with Gasteiger partial charge < -0.3 is 4.90 Å². The summed E-state index contributed by atoms with van der Waals surface area (Å²) in [5.74, 6) is 1.16. The number of rotatable bonds is 2. The lowest BCUT2D eigenvalue weighted by molar-refractivity contribution is 0.0766. The van der Waals surface area contributed by atoms with Crippen LogP contribution in [-0.4, -0.2) is 29.6 Å². The van der Waals surface area contributed by atoms with Crippen molar-refractivity contribution in [3.05, 3.63) is 71.3 Å². The van der Waals surface area contributed by atoms with E-state index in [4.69, 9.17) is 0 Å². The average Bonchev–Trinajstić information content (AvgIpc) is 2.81. The van der Waals surface area contributed by atoms with E-state index in [2.05, 4.69) is 31.2 Å². The van der Waals surface area contributed by atoms with Crippen molar-refractivity contribution in [1.29, 1.82) is 0 Å². The molecule has 0 N–H and O–H groups in total. The van der Waals surface area contributed by atoms with Gasteiger partial charge in [0.2, 0.25) is 0 Å². The van der Waals surface area contributed by atoms with Crippen molar-refractivity contribution in [2.24, 2.45) is 0 Å². The van der Waals surface area contributed by atoms with Crippen LogP contribution >= 0.6 is 11.8 Å². The molecule has 1 amide bonds. The van der Waals surface area contributed by atoms with E-state index in [1.807, 2.05) is 47.0 Å². The molecular weight excluding hydrogens is 290 g/mol. The van der Waals surface area contributed by atoms with Crippen LogP contribution in [0, 0.1) is 6.92 Å². The van der Waals surface area contributed by atoms with E-state index < -0.39 is 0 Å². The van der Waals surface area contributed by atoms with Gasteiger partial charge in [-0.25, -0.2) is 0 Å². The first-order valence-electron chi connectivity index (χ1n) is 7.77. The van der Waals surface area contributed by atoms with Gasteiger partial charge in [0, 0.05) is 29.7 Å². The first kappa shape index (κ1) is 15.2. The van der Waals surface area contributed by atoms with Crippen LogP contribution in [0.2, 0.25) is 0 Å². The standard InChI is InChI=1S/C19H21NOS/c1-15-7-5-6-10-17(15)18-11-12-20(13-14-22-18)19(21)16-8-3-2-4-9-16/h2-10,18H,11-14H2,1H3. The summed E-state index contributed by atoms with van der Waals surface area (Å²) >= 11 is 1.97. The van der Waals surface area contributed by atoms with E-state index in [9.17, 15) is 4.79 Å². The normalized spacial score (nSPS) is 18.8. The first-order valence-corrected chi connectivity index (χ1v) is 8.82. The van der Waals surface area contributed by atoms with Crippen LogP contribution in [0.25, 0.3) is 0 Å². The zero-order valence-corrected chi connectivity index (χ0v) is 13.7. The lowest BCUT2D eigenvalue weighted by Gasteiger charge is -2.20. The summed E-state index contributed by atoms with van der Waals surface area (Å²) in [5.41, 5.74) is 3.56. The van der Waals surface area contributed by atoms with Crippen LogP contribution in [0.1, 0.15) is 33.2 Å².